The molecule has 0 amide bonds. The van der Waals surface area contributed by atoms with Gasteiger partial charge in [0.05, 0.1) is 17.6 Å². The molecular weight excluding hydrogens is 458 g/mol. The molecule has 184 valence electrons. The first kappa shape index (κ1) is 26.0. The van der Waals surface area contributed by atoms with E-state index in [4.69, 9.17) is 18.6 Å². The van der Waals surface area contributed by atoms with E-state index in [1.807, 2.05) is 45.9 Å². The lowest BCUT2D eigenvalue weighted by atomic mass is 10.1. The number of benzene rings is 2. The molecule has 2 aromatic carbocycles. The lowest BCUT2D eigenvalue weighted by Gasteiger charge is -2.36. The van der Waals surface area contributed by atoms with Crippen molar-refractivity contribution in [2.75, 3.05) is 26.2 Å². The molecule has 1 N–H and O–H groups in total. The van der Waals surface area contributed by atoms with Gasteiger partial charge in [0.25, 0.3) is 0 Å². The van der Waals surface area contributed by atoms with E-state index >= 15 is 0 Å². The zero-order valence-electron chi connectivity index (χ0n) is 19.9. The van der Waals surface area contributed by atoms with Crippen LogP contribution in [0.25, 0.3) is 11.0 Å². The van der Waals surface area contributed by atoms with E-state index in [9.17, 15) is 9.90 Å². The van der Waals surface area contributed by atoms with Gasteiger partial charge in [-0.2, -0.15) is 0 Å². The van der Waals surface area contributed by atoms with Gasteiger partial charge in [0.1, 0.15) is 36.1 Å². The van der Waals surface area contributed by atoms with Gasteiger partial charge >= 0.3 is 0 Å². The number of fused-ring (bicyclic) bond motifs is 1. The average Bonchev–Trinajstić information content (AvgIpc) is 2.73. The Balaban J connectivity index is 0.00000324. The summed E-state index contributed by atoms with van der Waals surface area (Å²) in [6.07, 6.45) is 0.976. The van der Waals surface area contributed by atoms with Crippen molar-refractivity contribution in [1.82, 2.24) is 4.90 Å². The minimum absolute atomic E-state index is 0. The highest BCUT2D eigenvalue weighted by Gasteiger charge is 2.24. The molecule has 1 aromatic heterocycles. The summed E-state index contributed by atoms with van der Waals surface area (Å²) in [5, 5.41) is 10.8. The number of hydrogen-bond acceptors (Lipinski definition) is 7. The zero-order chi connectivity index (χ0) is 23.5. The number of aliphatic hydroxyl groups is 1. The third kappa shape index (κ3) is 6.51. The maximum Gasteiger partial charge on any atom is 0.235 e. The number of β-amino-alcohol motifs (C(OH)–C–C–N with tert-alkyl or cyclic N) is 1. The minimum atomic E-state index is -0.640. The predicted molar refractivity (Wildman–Crippen MR) is 134 cm³/mol. The van der Waals surface area contributed by atoms with Crippen LogP contribution < -0.4 is 14.9 Å². The summed E-state index contributed by atoms with van der Waals surface area (Å²) < 4.78 is 22.9. The Morgan fingerprint density at radius 1 is 1.06 bits per heavy atom. The van der Waals surface area contributed by atoms with Crippen molar-refractivity contribution < 1.29 is 23.7 Å². The summed E-state index contributed by atoms with van der Waals surface area (Å²) in [5.74, 6) is 1.25. The lowest BCUT2D eigenvalue weighted by molar-refractivity contribution is -0.0786. The zero-order valence-corrected chi connectivity index (χ0v) is 20.8. The number of ether oxygens (including phenoxy) is 3. The van der Waals surface area contributed by atoms with Gasteiger partial charge in [-0.05, 0) is 63.1 Å². The van der Waals surface area contributed by atoms with Gasteiger partial charge in [0.15, 0.2) is 0 Å². The fourth-order valence-corrected chi connectivity index (χ4v) is 4.35. The topological polar surface area (TPSA) is 81.4 Å². The van der Waals surface area contributed by atoms with E-state index in [0.29, 0.717) is 29.0 Å². The number of halogens is 1. The Hall–Kier alpha value is -2.58. The van der Waals surface area contributed by atoms with Crippen LogP contribution in [0, 0.1) is 13.8 Å². The molecule has 3 aromatic rings. The highest BCUT2D eigenvalue weighted by Crippen LogP contribution is 2.25. The molecule has 34 heavy (non-hydrogen) atoms. The van der Waals surface area contributed by atoms with E-state index in [0.717, 1.165) is 24.2 Å². The number of morpholine rings is 1. The molecule has 1 saturated heterocycles. The van der Waals surface area contributed by atoms with Gasteiger partial charge in [-0.15, -0.1) is 12.4 Å². The van der Waals surface area contributed by atoms with Crippen molar-refractivity contribution in [2.24, 2.45) is 0 Å². The van der Waals surface area contributed by atoms with Gasteiger partial charge in [0, 0.05) is 25.7 Å². The molecule has 0 radical (unpaired) electrons. The summed E-state index contributed by atoms with van der Waals surface area (Å²) >= 11 is 0. The summed E-state index contributed by atoms with van der Waals surface area (Å²) in [4.78, 5) is 15.1. The first-order valence-electron chi connectivity index (χ1n) is 11.3. The van der Waals surface area contributed by atoms with Gasteiger partial charge in [-0.25, -0.2) is 0 Å². The molecule has 7 nitrogen and oxygen atoms in total. The van der Waals surface area contributed by atoms with Crippen LogP contribution in [0.15, 0.2) is 51.9 Å². The van der Waals surface area contributed by atoms with Gasteiger partial charge in [-0.3, -0.25) is 9.69 Å². The van der Waals surface area contributed by atoms with Gasteiger partial charge in [0.2, 0.25) is 11.2 Å². The second kappa shape index (κ2) is 11.2. The molecule has 1 aliphatic heterocycles. The second-order valence-corrected chi connectivity index (χ2v) is 8.95. The number of aliphatic hydroxyl groups excluding tert-OH is 1. The van der Waals surface area contributed by atoms with E-state index in [1.165, 1.54) is 6.26 Å². The van der Waals surface area contributed by atoms with Crippen molar-refractivity contribution in [3.8, 4) is 17.2 Å². The van der Waals surface area contributed by atoms with Crippen molar-refractivity contribution in [2.45, 2.75) is 46.0 Å². The first-order valence-corrected chi connectivity index (χ1v) is 11.3. The summed E-state index contributed by atoms with van der Waals surface area (Å²) in [6, 6.07) is 10.8. The summed E-state index contributed by atoms with van der Waals surface area (Å²) in [5.41, 5.74) is 2.25. The highest BCUT2D eigenvalue weighted by molar-refractivity contribution is 5.85. The first-order chi connectivity index (χ1) is 15.8. The Morgan fingerprint density at radius 3 is 2.41 bits per heavy atom. The van der Waals surface area contributed by atoms with Crippen LogP contribution in [0.5, 0.6) is 17.2 Å². The van der Waals surface area contributed by atoms with Crippen LogP contribution in [0.4, 0.5) is 0 Å². The lowest BCUT2D eigenvalue weighted by Crippen LogP contribution is -2.48. The van der Waals surface area contributed by atoms with E-state index in [-0.39, 0.29) is 42.4 Å². The van der Waals surface area contributed by atoms with Gasteiger partial charge < -0.3 is 23.7 Å². The van der Waals surface area contributed by atoms with E-state index in [2.05, 4.69) is 4.90 Å². The monoisotopic (exact) mass is 489 g/mol. The number of rotatable bonds is 7. The Bertz CT molecular complexity index is 1150. The SMILES string of the molecule is Cc1cc(C)cc(Oc2coc3cc(OCC(O)CN4CC(C)OC(C)C4)ccc3c2=O)c1.Cl. The molecule has 3 atom stereocenters. The van der Waals surface area contributed by atoms with E-state index < -0.39 is 6.10 Å². The van der Waals surface area contributed by atoms with Crippen LogP contribution in [0.3, 0.4) is 0 Å². The molecule has 0 aliphatic carbocycles. The molecule has 3 unspecified atom stereocenters. The molecule has 0 bridgehead atoms. The molecule has 1 fully saturated rings. The van der Waals surface area contributed by atoms with Crippen LogP contribution in [-0.2, 0) is 4.74 Å². The van der Waals surface area contributed by atoms with Crippen molar-refractivity contribution in [3.05, 3.63) is 64.0 Å². The van der Waals surface area contributed by atoms with Crippen molar-refractivity contribution >= 4 is 23.4 Å². The minimum Gasteiger partial charge on any atom is -0.491 e. The maximum atomic E-state index is 12.9. The van der Waals surface area contributed by atoms with Crippen molar-refractivity contribution in [3.63, 3.8) is 0 Å². The van der Waals surface area contributed by atoms with Gasteiger partial charge in [-0.1, -0.05) is 6.07 Å². The third-order valence-corrected chi connectivity index (χ3v) is 5.54. The molecule has 0 spiro atoms. The van der Waals surface area contributed by atoms with E-state index in [1.54, 1.807) is 18.2 Å². The number of aryl methyl sites for hydroxylation is 2. The molecule has 8 heteroatoms. The Kier molecular flexibility index (Phi) is 8.60. The van der Waals surface area contributed by atoms with Crippen LogP contribution in [-0.4, -0.2) is 54.6 Å². The van der Waals surface area contributed by atoms with Crippen molar-refractivity contribution in [1.29, 1.82) is 0 Å². The highest BCUT2D eigenvalue weighted by atomic mass is 35.5. The molecule has 2 heterocycles. The summed E-state index contributed by atoms with van der Waals surface area (Å²) in [7, 11) is 0. The predicted octanol–water partition coefficient (Wildman–Crippen LogP) is 4.47. The molecular formula is C26H32ClNO6. The Morgan fingerprint density at radius 2 is 1.74 bits per heavy atom. The Labute approximate surface area is 205 Å². The fraction of sp³-hybridized carbons (Fsp3) is 0.423. The average molecular weight is 490 g/mol. The summed E-state index contributed by atoms with van der Waals surface area (Å²) in [6.45, 7) is 10.2. The largest absolute Gasteiger partial charge is 0.491 e. The smallest absolute Gasteiger partial charge is 0.235 e. The normalized spacial score (nSPS) is 19.4. The molecule has 0 saturated carbocycles. The standard InChI is InChI=1S/C26H31NO6.ClH/c1-16-7-17(2)9-22(8-16)33-25-15-31-24-10-21(5-6-23(24)26(25)29)30-14-20(28)13-27-11-18(3)32-19(4)12-27;/h5-10,15,18-20,28H,11-14H2,1-4H3;1H. The number of nitrogens with zero attached hydrogens (tertiary/aromatic N) is 1. The number of hydrogen-bond donors (Lipinski definition) is 1. The second-order valence-electron chi connectivity index (χ2n) is 8.95. The fourth-order valence-electron chi connectivity index (χ4n) is 4.35. The van der Waals surface area contributed by atoms with Crippen LogP contribution >= 0.6 is 12.4 Å². The van der Waals surface area contributed by atoms with Crippen LogP contribution in [0.2, 0.25) is 0 Å². The third-order valence-electron chi connectivity index (χ3n) is 5.54. The quantitative estimate of drug-likeness (QED) is 0.524. The molecule has 1 aliphatic rings. The maximum absolute atomic E-state index is 12.9. The van der Waals surface area contributed by atoms with Crippen LogP contribution in [0.1, 0.15) is 25.0 Å². The molecule has 4 rings (SSSR count).